The minimum Gasteiger partial charge on any atom is -1.00 e. The molecule has 0 radical (unpaired) electrons. The zero-order valence-corrected chi connectivity index (χ0v) is 22.4. The van der Waals surface area contributed by atoms with E-state index in [-0.39, 0.29) is 22.9 Å². The molecule has 0 saturated carbocycles. The molecule has 0 aliphatic heterocycles. The second-order valence-electron chi connectivity index (χ2n) is 9.81. The Hall–Kier alpha value is -0.870. The molecule has 0 unspecified atom stereocenters. The summed E-state index contributed by atoms with van der Waals surface area (Å²) in [5.74, 6) is 0.141. The van der Waals surface area contributed by atoms with Gasteiger partial charge in [0.15, 0.2) is 0 Å². The van der Waals surface area contributed by atoms with Crippen molar-refractivity contribution in [3.05, 3.63) is 24.3 Å². The van der Waals surface area contributed by atoms with Crippen LogP contribution in [0.5, 0.6) is 0 Å². The number of quaternary nitrogens is 1. The third kappa shape index (κ3) is 16.4. The number of unbranched alkanes of at least 4 members (excludes halogenated alkanes) is 14. The summed E-state index contributed by atoms with van der Waals surface area (Å²) in [4.78, 5) is 12.1. The normalized spacial score (nSPS) is 11.2. The van der Waals surface area contributed by atoms with Gasteiger partial charge in [-0.05, 0) is 18.6 Å². The van der Waals surface area contributed by atoms with Crippen molar-refractivity contribution in [2.24, 2.45) is 0 Å². The van der Waals surface area contributed by atoms with Crippen LogP contribution in [0.1, 0.15) is 110 Å². The average Bonchev–Trinajstić information content (AvgIpc) is 2.70. The van der Waals surface area contributed by atoms with E-state index in [0.29, 0.717) is 6.42 Å². The molecule has 0 atom stereocenters. The molecule has 1 aromatic carbocycles. The van der Waals surface area contributed by atoms with Gasteiger partial charge in [-0.25, -0.2) is 0 Å². The lowest BCUT2D eigenvalue weighted by Crippen LogP contribution is -3.00. The van der Waals surface area contributed by atoms with E-state index < -0.39 is 0 Å². The highest BCUT2D eigenvalue weighted by molar-refractivity contribution is 5.90. The van der Waals surface area contributed by atoms with E-state index in [4.69, 9.17) is 0 Å². The lowest BCUT2D eigenvalue weighted by Gasteiger charge is -2.23. The van der Waals surface area contributed by atoms with Crippen LogP contribution in [0.4, 0.5) is 11.4 Å². The van der Waals surface area contributed by atoms with Crippen molar-refractivity contribution in [2.75, 3.05) is 26.5 Å². The fourth-order valence-electron chi connectivity index (χ4n) is 3.87. The molecule has 1 aromatic rings. The van der Waals surface area contributed by atoms with E-state index in [9.17, 15) is 4.79 Å². The minimum absolute atomic E-state index is 0. The number of carbonyl (C=O) groups excluding carboxylic acids is 1. The summed E-state index contributed by atoms with van der Waals surface area (Å²) in [7, 11) is 6.43. The van der Waals surface area contributed by atoms with Gasteiger partial charge in [-0.2, -0.15) is 0 Å². The number of nitrogens with zero attached hydrogens (tertiary/aromatic N) is 1. The van der Waals surface area contributed by atoms with Gasteiger partial charge >= 0.3 is 0 Å². The zero-order valence-electron chi connectivity index (χ0n) is 20.9. The Balaban J connectivity index is 0.00000900. The number of carbonyl (C=O) groups is 1. The second-order valence-corrected chi connectivity index (χ2v) is 9.81. The Kier molecular flexibility index (Phi) is 18.2. The molecule has 0 heterocycles. The minimum atomic E-state index is 0. The fourth-order valence-corrected chi connectivity index (χ4v) is 3.87. The quantitative estimate of drug-likeness (QED) is 0.222. The predicted octanol–water partition coefficient (Wildman–Crippen LogP) is 5.09. The zero-order chi connectivity index (χ0) is 22.1. The van der Waals surface area contributed by atoms with Crippen LogP contribution in [0, 0.1) is 0 Å². The van der Waals surface area contributed by atoms with Crippen LogP contribution in [0.15, 0.2) is 24.3 Å². The molecule has 4 heteroatoms. The van der Waals surface area contributed by atoms with Crippen molar-refractivity contribution in [2.45, 2.75) is 110 Å². The van der Waals surface area contributed by atoms with E-state index in [1.165, 1.54) is 95.6 Å². The van der Waals surface area contributed by atoms with Gasteiger partial charge in [-0.3, -0.25) is 9.28 Å². The number of nitrogens with one attached hydrogen (secondary N) is 1. The first-order valence-corrected chi connectivity index (χ1v) is 12.7. The molecule has 1 N–H and O–H groups in total. The fraction of sp³-hybridized carbons (Fsp3) is 0.741. The van der Waals surface area contributed by atoms with Crippen molar-refractivity contribution in [1.82, 2.24) is 4.48 Å². The van der Waals surface area contributed by atoms with Gasteiger partial charge in [0.25, 0.3) is 0 Å². The lowest BCUT2D eigenvalue weighted by molar-refractivity contribution is -0.116. The average molecular weight is 498 g/mol. The number of rotatable bonds is 18. The number of hydrogen-bond donors (Lipinski definition) is 1. The number of halogens is 1. The lowest BCUT2D eigenvalue weighted by atomic mass is 10.0. The SMILES string of the molecule is CCCCCCCCCCCCCCCCCC(=O)Nc1ccc([N+](C)(C)C)cc1.[Br-]. The van der Waals surface area contributed by atoms with Crippen molar-refractivity contribution in [3.63, 3.8) is 0 Å². The van der Waals surface area contributed by atoms with Crippen molar-refractivity contribution in [3.8, 4) is 0 Å². The molecule has 0 bridgehead atoms. The summed E-state index contributed by atoms with van der Waals surface area (Å²) in [6.45, 7) is 2.28. The van der Waals surface area contributed by atoms with Gasteiger partial charge in [-0.15, -0.1) is 0 Å². The third-order valence-corrected chi connectivity index (χ3v) is 5.93. The molecule has 0 aromatic heterocycles. The smallest absolute Gasteiger partial charge is 0.224 e. The third-order valence-electron chi connectivity index (χ3n) is 5.93. The maximum Gasteiger partial charge on any atom is 0.224 e. The van der Waals surface area contributed by atoms with Crippen LogP contribution in [0.3, 0.4) is 0 Å². The molecular formula is C27H49BrN2O. The van der Waals surface area contributed by atoms with Gasteiger partial charge in [0.1, 0.15) is 5.69 Å². The molecule has 31 heavy (non-hydrogen) atoms. The van der Waals surface area contributed by atoms with Crippen molar-refractivity contribution < 1.29 is 21.8 Å². The number of anilines is 1. The monoisotopic (exact) mass is 496 g/mol. The Morgan fingerprint density at radius 3 is 1.45 bits per heavy atom. The molecule has 0 aliphatic carbocycles. The molecule has 1 rings (SSSR count). The molecule has 180 valence electrons. The van der Waals surface area contributed by atoms with Crippen LogP contribution < -0.4 is 26.8 Å². The molecule has 1 amide bonds. The van der Waals surface area contributed by atoms with E-state index in [0.717, 1.165) is 16.6 Å². The molecule has 0 aliphatic rings. The van der Waals surface area contributed by atoms with Crippen LogP contribution in [0.2, 0.25) is 0 Å². The first kappa shape index (κ1) is 30.1. The predicted molar refractivity (Wildman–Crippen MR) is 134 cm³/mol. The summed E-state index contributed by atoms with van der Waals surface area (Å²) in [6, 6.07) is 8.18. The number of benzene rings is 1. The molecule has 0 fully saturated rings. The molecule has 0 spiro atoms. The van der Waals surface area contributed by atoms with Crippen molar-refractivity contribution >= 4 is 17.3 Å². The maximum absolute atomic E-state index is 12.1. The van der Waals surface area contributed by atoms with Crippen LogP contribution in [-0.4, -0.2) is 27.1 Å². The van der Waals surface area contributed by atoms with E-state index in [1.807, 2.05) is 12.1 Å². The molecule has 3 nitrogen and oxygen atoms in total. The van der Waals surface area contributed by atoms with Gasteiger partial charge in [0.2, 0.25) is 5.91 Å². The van der Waals surface area contributed by atoms with Gasteiger partial charge in [-0.1, -0.05) is 96.8 Å². The summed E-state index contributed by atoms with van der Waals surface area (Å²) < 4.78 is 0.785. The van der Waals surface area contributed by atoms with Gasteiger partial charge < -0.3 is 22.3 Å². The van der Waals surface area contributed by atoms with Crippen LogP contribution in [0.25, 0.3) is 0 Å². The first-order chi connectivity index (χ1) is 14.4. The molecule has 0 saturated heterocycles. The van der Waals surface area contributed by atoms with Gasteiger partial charge in [0.05, 0.1) is 21.1 Å². The number of hydrogen-bond acceptors (Lipinski definition) is 1. The van der Waals surface area contributed by atoms with Crippen LogP contribution >= 0.6 is 0 Å². The summed E-state index contributed by atoms with van der Waals surface area (Å²) in [6.07, 6.45) is 20.9. The summed E-state index contributed by atoms with van der Waals surface area (Å²) in [5, 5.41) is 3.02. The summed E-state index contributed by atoms with van der Waals surface area (Å²) >= 11 is 0. The topological polar surface area (TPSA) is 29.1 Å². The number of amides is 1. The maximum atomic E-state index is 12.1. The summed E-state index contributed by atoms with van der Waals surface area (Å²) in [5.41, 5.74) is 2.13. The van der Waals surface area contributed by atoms with Crippen molar-refractivity contribution in [1.29, 1.82) is 0 Å². The highest BCUT2D eigenvalue weighted by Crippen LogP contribution is 2.20. The van der Waals surface area contributed by atoms with E-state index in [1.54, 1.807) is 0 Å². The largest absolute Gasteiger partial charge is 1.00 e. The molecular weight excluding hydrogens is 448 g/mol. The Morgan fingerprint density at radius 1 is 0.677 bits per heavy atom. The Morgan fingerprint density at radius 2 is 1.06 bits per heavy atom. The van der Waals surface area contributed by atoms with E-state index in [2.05, 4.69) is 45.5 Å². The van der Waals surface area contributed by atoms with Gasteiger partial charge in [0, 0.05) is 24.2 Å². The standard InChI is InChI=1S/C27H48N2O.BrH/c1-5-6-7-8-9-10-11-12-13-14-15-16-17-18-19-20-27(30)28-25-21-23-26(24-22-25)29(2,3)4;/h21-24H,5-20H2,1-4H3;1H. The van der Waals surface area contributed by atoms with Crippen LogP contribution in [-0.2, 0) is 4.79 Å². The van der Waals surface area contributed by atoms with E-state index >= 15 is 0 Å². The highest BCUT2D eigenvalue weighted by atomic mass is 79.9. The second kappa shape index (κ2) is 18.7. The highest BCUT2D eigenvalue weighted by Gasteiger charge is 2.11. The Bertz CT molecular complexity index is 551. The first-order valence-electron chi connectivity index (χ1n) is 12.7. The Labute approximate surface area is 203 Å².